The standard InChI is InChI=1S/C15H16N4S2/c1-10-4-3-5-12(8-10)16-14-17-15(19-18-14)20-9-13-7-6-11(2)21-13/h3-8H,9H2,1-2H3,(H2,16,17,18,19). The third-order valence-electron chi connectivity index (χ3n) is 2.89. The summed E-state index contributed by atoms with van der Waals surface area (Å²) >= 11 is 3.48. The van der Waals surface area contributed by atoms with Crippen molar-refractivity contribution >= 4 is 34.7 Å². The van der Waals surface area contributed by atoms with Crippen LogP contribution in [0.5, 0.6) is 0 Å². The number of aromatic amines is 1. The van der Waals surface area contributed by atoms with Crippen LogP contribution in [0.15, 0.2) is 41.6 Å². The van der Waals surface area contributed by atoms with Gasteiger partial charge in [-0.2, -0.15) is 4.98 Å². The van der Waals surface area contributed by atoms with Crippen LogP contribution in [0.3, 0.4) is 0 Å². The number of hydrogen-bond acceptors (Lipinski definition) is 5. The third kappa shape index (κ3) is 3.86. The fourth-order valence-electron chi connectivity index (χ4n) is 1.92. The van der Waals surface area contributed by atoms with Crippen LogP contribution in [0.2, 0.25) is 0 Å². The summed E-state index contributed by atoms with van der Waals surface area (Å²) in [6, 6.07) is 12.5. The summed E-state index contributed by atoms with van der Waals surface area (Å²) in [5.41, 5.74) is 2.21. The first-order valence-corrected chi connectivity index (χ1v) is 8.43. The average molecular weight is 316 g/mol. The molecule has 0 spiro atoms. The molecule has 0 radical (unpaired) electrons. The van der Waals surface area contributed by atoms with E-state index in [-0.39, 0.29) is 0 Å². The molecule has 0 aliphatic carbocycles. The molecular formula is C15H16N4S2. The number of H-pyrrole nitrogens is 1. The first-order chi connectivity index (χ1) is 10.2. The molecule has 21 heavy (non-hydrogen) atoms. The molecule has 108 valence electrons. The predicted octanol–water partition coefficient (Wildman–Crippen LogP) is 4.52. The second-order valence-corrected chi connectivity index (χ2v) is 7.10. The Morgan fingerprint density at radius 1 is 1.24 bits per heavy atom. The average Bonchev–Trinajstić information content (AvgIpc) is 3.06. The Morgan fingerprint density at radius 3 is 2.90 bits per heavy atom. The van der Waals surface area contributed by atoms with E-state index in [1.807, 2.05) is 23.5 Å². The number of nitrogens with one attached hydrogen (secondary N) is 2. The van der Waals surface area contributed by atoms with Gasteiger partial charge in [-0.15, -0.1) is 16.4 Å². The van der Waals surface area contributed by atoms with Crippen LogP contribution in [-0.2, 0) is 5.75 Å². The van der Waals surface area contributed by atoms with E-state index in [1.54, 1.807) is 11.8 Å². The van der Waals surface area contributed by atoms with Crippen molar-refractivity contribution in [3.8, 4) is 0 Å². The Hall–Kier alpha value is -1.79. The minimum Gasteiger partial charge on any atom is -0.323 e. The van der Waals surface area contributed by atoms with Crippen LogP contribution < -0.4 is 5.32 Å². The van der Waals surface area contributed by atoms with E-state index in [2.05, 4.69) is 58.6 Å². The van der Waals surface area contributed by atoms with Gasteiger partial charge in [0.1, 0.15) is 0 Å². The normalized spacial score (nSPS) is 10.8. The number of nitrogens with zero attached hydrogens (tertiary/aromatic N) is 2. The van der Waals surface area contributed by atoms with Gasteiger partial charge >= 0.3 is 0 Å². The van der Waals surface area contributed by atoms with Gasteiger partial charge in [-0.3, -0.25) is 5.10 Å². The van der Waals surface area contributed by atoms with E-state index < -0.39 is 0 Å². The van der Waals surface area contributed by atoms with Crippen LogP contribution >= 0.6 is 23.1 Å². The Balaban J connectivity index is 1.61. The maximum atomic E-state index is 4.45. The fourth-order valence-corrected chi connectivity index (χ4v) is 3.66. The van der Waals surface area contributed by atoms with Gasteiger partial charge in [0.2, 0.25) is 5.95 Å². The zero-order chi connectivity index (χ0) is 14.7. The first kappa shape index (κ1) is 14.2. The molecule has 6 heteroatoms. The summed E-state index contributed by atoms with van der Waals surface area (Å²) in [5.74, 6) is 1.52. The van der Waals surface area contributed by atoms with Crippen molar-refractivity contribution in [3.63, 3.8) is 0 Å². The molecule has 2 aromatic heterocycles. The van der Waals surface area contributed by atoms with Gasteiger partial charge in [-0.25, -0.2) is 0 Å². The molecule has 0 bridgehead atoms. The molecule has 2 N–H and O–H groups in total. The lowest BCUT2D eigenvalue weighted by Crippen LogP contribution is -1.92. The Morgan fingerprint density at radius 2 is 2.14 bits per heavy atom. The van der Waals surface area contributed by atoms with Gasteiger partial charge in [-0.05, 0) is 43.7 Å². The summed E-state index contributed by atoms with van der Waals surface area (Å²) in [6.07, 6.45) is 0. The molecular weight excluding hydrogens is 300 g/mol. The molecule has 2 heterocycles. The van der Waals surface area contributed by atoms with E-state index in [9.17, 15) is 0 Å². The quantitative estimate of drug-likeness (QED) is 0.680. The lowest BCUT2D eigenvalue weighted by molar-refractivity contribution is 0.973. The van der Waals surface area contributed by atoms with Gasteiger partial charge in [0.15, 0.2) is 5.16 Å². The number of thiophene rings is 1. The maximum absolute atomic E-state index is 4.45. The Labute approximate surface area is 132 Å². The minimum absolute atomic E-state index is 0.602. The van der Waals surface area contributed by atoms with E-state index in [0.717, 1.165) is 16.6 Å². The van der Waals surface area contributed by atoms with E-state index >= 15 is 0 Å². The van der Waals surface area contributed by atoms with E-state index in [1.165, 1.54) is 15.3 Å². The highest BCUT2D eigenvalue weighted by Crippen LogP contribution is 2.25. The van der Waals surface area contributed by atoms with E-state index in [0.29, 0.717) is 5.95 Å². The fraction of sp³-hybridized carbons (Fsp3) is 0.200. The lowest BCUT2D eigenvalue weighted by atomic mass is 10.2. The molecule has 0 fully saturated rings. The van der Waals surface area contributed by atoms with Crippen LogP contribution in [0.1, 0.15) is 15.3 Å². The molecule has 1 aromatic carbocycles. The molecule has 0 saturated carbocycles. The van der Waals surface area contributed by atoms with E-state index in [4.69, 9.17) is 0 Å². The maximum Gasteiger partial charge on any atom is 0.247 e. The highest BCUT2D eigenvalue weighted by Gasteiger charge is 2.05. The predicted molar refractivity (Wildman–Crippen MR) is 89.5 cm³/mol. The molecule has 3 aromatic rings. The first-order valence-electron chi connectivity index (χ1n) is 6.63. The molecule has 0 aliphatic rings. The number of hydrogen-bond donors (Lipinski definition) is 2. The van der Waals surface area contributed by atoms with Crippen LogP contribution in [0.4, 0.5) is 11.6 Å². The van der Waals surface area contributed by atoms with Crippen LogP contribution in [-0.4, -0.2) is 15.2 Å². The minimum atomic E-state index is 0.602. The zero-order valence-electron chi connectivity index (χ0n) is 11.9. The summed E-state index contributed by atoms with van der Waals surface area (Å²) in [7, 11) is 0. The van der Waals surface area contributed by atoms with Crippen LogP contribution in [0, 0.1) is 13.8 Å². The Bertz CT molecular complexity index is 733. The molecule has 0 saturated heterocycles. The molecule has 0 atom stereocenters. The third-order valence-corrected chi connectivity index (χ3v) is 4.98. The molecule has 3 rings (SSSR count). The van der Waals surface area contributed by atoms with Crippen molar-refractivity contribution in [2.75, 3.05) is 5.32 Å². The number of anilines is 2. The lowest BCUT2D eigenvalue weighted by Gasteiger charge is -2.01. The summed E-state index contributed by atoms with van der Waals surface area (Å²) in [4.78, 5) is 7.13. The van der Waals surface area contributed by atoms with Gasteiger partial charge in [0.25, 0.3) is 0 Å². The number of rotatable bonds is 5. The summed E-state index contributed by atoms with van der Waals surface area (Å²) < 4.78 is 0. The molecule has 0 amide bonds. The van der Waals surface area contributed by atoms with Crippen molar-refractivity contribution in [1.82, 2.24) is 15.2 Å². The molecule has 4 nitrogen and oxygen atoms in total. The summed E-state index contributed by atoms with van der Waals surface area (Å²) in [5, 5.41) is 11.2. The Kier molecular flexibility index (Phi) is 4.26. The second-order valence-electron chi connectivity index (χ2n) is 4.76. The van der Waals surface area contributed by atoms with Crippen molar-refractivity contribution in [3.05, 3.63) is 51.7 Å². The number of aromatic nitrogens is 3. The highest BCUT2D eigenvalue weighted by molar-refractivity contribution is 7.98. The SMILES string of the molecule is Cc1cccc(Nc2n[nH]c(SCc3ccc(C)s3)n2)c1. The van der Waals surface area contributed by atoms with Crippen molar-refractivity contribution in [1.29, 1.82) is 0 Å². The molecule has 0 aliphatic heterocycles. The van der Waals surface area contributed by atoms with Gasteiger partial charge < -0.3 is 5.32 Å². The number of benzene rings is 1. The zero-order valence-corrected chi connectivity index (χ0v) is 13.5. The van der Waals surface area contributed by atoms with Crippen molar-refractivity contribution in [2.24, 2.45) is 0 Å². The van der Waals surface area contributed by atoms with Gasteiger partial charge in [-0.1, -0.05) is 23.9 Å². The van der Waals surface area contributed by atoms with Crippen molar-refractivity contribution in [2.45, 2.75) is 24.8 Å². The largest absolute Gasteiger partial charge is 0.323 e. The van der Waals surface area contributed by atoms with Crippen LogP contribution in [0.25, 0.3) is 0 Å². The second kappa shape index (κ2) is 6.32. The smallest absolute Gasteiger partial charge is 0.247 e. The number of aryl methyl sites for hydroxylation is 2. The summed E-state index contributed by atoms with van der Waals surface area (Å²) in [6.45, 7) is 4.19. The van der Waals surface area contributed by atoms with Crippen molar-refractivity contribution < 1.29 is 0 Å². The topological polar surface area (TPSA) is 53.6 Å². The number of thioether (sulfide) groups is 1. The van der Waals surface area contributed by atoms with Gasteiger partial charge in [0.05, 0.1) is 0 Å². The highest BCUT2D eigenvalue weighted by atomic mass is 32.2. The molecule has 0 unspecified atom stereocenters. The van der Waals surface area contributed by atoms with Gasteiger partial charge in [0, 0.05) is 21.2 Å². The monoisotopic (exact) mass is 316 g/mol.